The molecule has 2 heterocycles. The van der Waals surface area contributed by atoms with Crippen LogP contribution in [0.5, 0.6) is 5.88 Å². The molecule has 1 saturated heterocycles. The van der Waals surface area contributed by atoms with Gasteiger partial charge in [0.1, 0.15) is 12.1 Å². The van der Waals surface area contributed by atoms with Gasteiger partial charge >= 0.3 is 0 Å². The molecule has 2 rings (SSSR count). The highest BCUT2D eigenvalue weighted by Crippen LogP contribution is 2.31. The molecule has 0 spiro atoms. The number of aliphatic hydroxyl groups excluding tert-OH is 1. The molecule has 106 valence electrons. The summed E-state index contributed by atoms with van der Waals surface area (Å²) in [6, 6.07) is 1.80. The molecule has 0 amide bonds. The summed E-state index contributed by atoms with van der Waals surface area (Å²) in [5.74, 6) is 1.34. The lowest BCUT2D eigenvalue weighted by Crippen LogP contribution is -2.43. The van der Waals surface area contributed by atoms with Crippen LogP contribution in [0, 0.1) is 5.41 Å². The predicted molar refractivity (Wildman–Crippen MR) is 71.4 cm³/mol. The minimum absolute atomic E-state index is 0.106. The molecule has 0 atom stereocenters. The zero-order valence-corrected chi connectivity index (χ0v) is 11.5. The molecule has 1 aliphatic heterocycles. The van der Waals surface area contributed by atoms with Crippen LogP contribution < -0.4 is 9.64 Å². The van der Waals surface area contributed by atoms with Gasteiger partial charge in [0.05, 0.1) is 13.7 Å². The highest BCUT2D eigenvalue weighted by molar-refractivity contribution is 5.40. The van der Waals surface area contributed by atoms with Crippen molar-refractivity contribution in [3.8, 4) is 5.88 Å². The molecule has 1 fully saturated rings. The summed E-state index contributed by atoms with van der Waals surface area (Å²) in [4.78, 5) is 10.3. The summed E-state index contributed by atoms with van der Waals surface area (Å²) < 4.78 is 10.5. The summed E-state index contributed by atoms with van der Waals surface area (Å²) in [5, 5.41) is 9.70. The summed E-state index contributed by atoms with van der Waals surface area (Å²) in [6.45, 7) is 2.33. The molecule has 1 N–H and O–H groups in total. The Hall–Kier alpha value is -1.40. The van der Waals surface area contributed by atoms with Crippen molar-refractivity contribution >= 4 is 5.82 Å². The third-order valence-corrected chi connectivity index (χ3v) is 3.69. The number of hydrogen-bond acceptors (Lipinski definition) is 6. The van der Waals surface area contributed by atoms with Crippen molar-refractivity contribution in [3.63, 3.8) is 0 Å². The lowest BCUT2D eigenvalue weighted by molar-refractivity contribution is -0.0113. The van der Waals surface area contributed by atoms with Gasteiger partial charge < -0.3 is 19.5 Å². The van der Waals surface area contributed by atoms with Crippen molar-refractivity contribution in [3.05, 3.63) is 12.4 Å². The van der Waals surface area contributed by atoms with Crippen LogP contribution in [-0.4, -0.2) is 55.6 Å². The molecular formula is C13H21N3O3. The van der Waals surface area contributed by atoms with Gasteiger partial charge in [0, 0.05) is 38.3 Å². The highest BCUT2D eigenvalue weighted by atomic mass is 16.5. The van der Waals surface area contributed by atoms with Crippen molar-refractivity contribution in [2.75, 3.05) is 45.4 Å². The van der Waals surface area contributed by atoms with E-state index >= 15 is 0 Å². The molecule has 0 aromatic carbocycles. The van der Waals surface area contributed by atoms with E-state index in [2.05, 4.69) is 9.97 Å². The number of rotatable bonds is 5. The minimum Gasteiger partial charge on any atom is -0.481 e. The Kier molecular flexibility index (Phi) is 4.55. The zero-order valence-electron chi connectivity index (χ0n) is 11.5. The summed E-state index contributed by atoms with van der Waals surface area (Å²) in [6.07, 6.45) is 3.23. The van der Waals surface area contributed by atoms with Gasteiger partial charge in [-0.1, -0.05) is 0 Å². The highest BCUT2D eigenvalue weighted by Gasteiger charge is 2.33. The Morgan fingerprint density at radius 2 is 2.16 bits per heavy atom. The van der Waals surface area contributed by atoms with Crippen LogP contribution in [0.2, 0.25) is 0 Å². The maximum atomic E-state index is 9.70. The van der Waals surface area contributed by atoms with E-state index in [9.17, 15) is 5.11 Å². The topological polar surface area (TPSA) is 67.7 Å². The van der Waals surface area contributed by atoms with Crippen molar-refractivity contribution in [1.82, 2.24) is 9.97 Å². The standard InChI is InChI=1S/C13H21N3O3/c1-16(11-7-12(18-2)15-10-14-11)8-13(9-17)3-5-19-6-4-13/h7,10,17H,3-6,8-9H2,1-2H3. The molecule has 6 nitrogen and oxygen atoms in total. The molecule has 6 heteroatoms. The van der Waals surface area contributed by atoms with Crippen molar-refractivity contribution in [1.29, 1.82) is 0 Å². The molecule has 19 heavy (non-hydrogen) atoms. The van der Waals surface area contributed by atoms with E-state index in [1.165, 1.54) is 6.33 Å². The Labute approximate surface area is 113 Å². The third-order valence-electron chi connectivity index (χ3n) is 3.69. The number of methoxy groups -OCH3 is 1. The average Bonchev–Trinajstić information content (AvgIpc) is 2.48. The van der Waals surface area contributed by atoms with Crippen molar-refractivity contribution < 1.29 is 14.6 Å². The number of ether oxygens (including phenoxy) is 2. The summed E-state index contributed by atoms with van der Waals surface area (Å²) >= 11 is 0. The van der Waals surface area contributed by atoms with Crippen LogP contribution in [-0.2, 0) is 4.74 Å². The number of aromatic nitrogens is 2. The van der Waals surface area contributed by atoms with Crippen LogP contribution in [0.4, 0.5) is 5.82 Å². The van der Waals surface area contributed by atoms with Gasteiger partial charge in [-0.25, -0.2) is 9.97 Å². The van der Waals surface area contributed by atoms with Crippen molar-refractivity contribution in [2.45, 2.75) is 12.8 Å². The largest absolute Gasteiger partial charge is 0.481 e. The normalized spacial score (nSPS) is 18.1. The Morgan fingerprint density at radius 3 is 2.79 bits per heavy atom. The summed E-state index contributed by atoms with van der Waals surface area (Å²) in [7, 11) is 3.55. The quantitative estimate of drug-likeness (QED) is 0.847. The van der Waals surface area contributed by atoms with E-state index in [1.807, 2.05) is 11.9 Å². The molecule has 1 aliphatic rings. The molecular weight excluding hydrogens is 246 g/mol. The maximum Gasteiger partial charge on any atom is 0.218 e. The lowest BCUT2D eigenvalue weighted by atomic mass is 9.80. The lowest BCUT2D eigenvalue weighted by Gasteiger charge is -2.38. The first-order chi connectivity index (χ1) is 9.19. The van der Waals surface area contributed by atoms with E-state index in [1.54, 1.807) is 13.2 Å². The van der Waals surface area contributed by atoms with Gasteiger partial charge in [-0.2, -0.15) is 0 Å². The molecule has 0 saturated carbocycles. The molecule has 0 unspecified atom stereocenters. The Bertz CT molecular complexity index is 408. The second-order valence-corrected chi connectivity index (χ2v) is 5.05. The number of hydrogen-bond donors (Lipinski definition) is 1. The third kappa shape index (κ3) is 3.33. The Morgan fingerprint density at radius 1 is 1.42 bits per heavy atom. The average molecular weight is 267 g/mol. The first-order valence-corrected chi connectivity index (χ1v) is 6.45. The molecule has 0 radical (unpaired) electrons. The predicted octanol–water partition coefficient (Wildman–Crippen LogP) is 0.710. The summed E-state index contributed by atoms with van der Waals surface area (Å²) in [5.41, 5.74) is -0.106. The van der Waals surface area contributed by atoms with E-state index in [-0.39, 0.29) is 12.0 Å². The fourth-order valence-corrected chi connectivity index (χ4v) is 2.41. The first kappa shape index (κ1) is 14.0. The monoisotopic (exact) mass is 267 g/mol. The van der Waals surface area contributed by atoms with E-state index in [0.717, 1.165) is 25.2 Å². The first-order valence-electron chi connectivity index (χ1n) is 6.45. The van der Waals surface area contributed by atoms with Gasteiger partial charge in [0.2, 0.25) is 5.88 Å². The van der Waals surface area contributed by atoms with Gasteiger partial charge in [-0.15, -0.1) is 0 Å². The minimum atomic E-state index is -0.106. The van der Waals surface area contributed by atoms with Crippen LogP contribution in [0.3, 0.4) is 0 Å². The number of anilines is 1. The zero-order chi connectivity index (χ0) is 13.7. The van der Waals surface area contributed by atoms with Gasteiger partial charge in [-0.05, 0) is 12.8 Å². The van der Waals surface area contributed by atoms with Gasteiger partial charge in [0.25, 0.3) is 0 Å². The van der Waals surface area contributed by atoms with Crippen LogP contribution in [0.25, 0.3) is 0 Å². The molecule has 0 aliphatic carbocycles. The van der Waals surface area contributed by atoms with Crippen LogP contribution in [0.15, 0.2) is 12.4 Å². The fraction of sp³-hybridized carbons (Fsp3) is 0.692. The SMILES string of the molecule is COc1cc(N(C)CC2(CO)CCOCC2)ncn1. The molecule has 1 aromatic heterocycles. The van der Waals surface area contributed by atoms with Gasteiger partial charge in [-0.3, -0.25) is 0 Å². The van der Waals surface area contributed by atoms with Crippen LogP contribution >= 0.6 is 0 Å². The van der Waals surface area contributed by atoms with E-state index in [0.29, 0.717) is 19.1 Å². The van der Waals surface area contributed by atoms with Crippen LogP contribution in [0.1, 0.15) is 12.8 Å². The maximum absolute atomic E-state index is 9.70. The Balaban J connectivity index is 2.07. The smallest absolute Gasteiger partial charge is 0.218 e. The van der Waals surface area contributed by atoms with Crippen molar-refractivity contribution in [2.24, 2.45) is 5.41 Å². The number of aliphatic hydroxyl groups is 1. The van der Waals surface area contributed by atoms with E-state index < -0.39 is 0 Å². The molecule has 1 aromatic rings. The molecule has 0 bridgehead atoms. The second-order valence-electron chi connectivity index (χ2n) is 5.05. The van der Waals surface area contributed by atoms with E-state index in [4.69, 9.17) is 9.47 Å². The van der Waals surface area contributed by atoms with Gasteiger partial charge in [0.15, 0.2) is 0 Å². The second kappa shape index (κ2) is 6.16. The number of nitrogens with zero attached hydrogens (tertiary/aromatic N) is 3. The fourth-order valence-electron chi connectivity index (χ4n) is 2.41.